The van der Waals surface area contributed by atoms with Gasteiger partial charge >= 0.3 is 0 Å². The fourth-order valence-electron chi connectivity index (χ4n) is 19.9. The van der Waals surface area contributed by atoms with Gasteiger partial charge in [-0.25, -0.2) is 0 Å². The summed E-state index contributed by atoms with van der Waals surface area (Å²) in [5, 5.41) is 15.1. The third-order valence-corrected chi connectivity index (χ3v) is 25.4. The molecule has 0 spiro atoms. The van der Waals surface area contributed by atoms with E-state index in [1.165, 1.54) is 221 Å². The predicted molar refractivity (Wildman–Crippen MR) is 482 cm³/mol. The van der Waals surface area contributed by atoms with E-state index in [0.29, 0.717) is 0 Å². The Morgan fingerprint density at radius 1 is 0.184 bits per heavy atom. The summed E-state index contributed by atoms with van der Waals surface area (Å²) in [4.78, 5) is 0. The van der Waals surface area contributed by atoms with Gasteiger partial charge in [-0.1, -0.05) is 307 Å². The monoisotopic (exact) mass is 1450 g/mol. The van der Waals surface area contributed by atoms with Gasteiger partial charge in [0.25, 0.3) is 0 Å². The van der Waals surface area contributed by atoms with Crippen LogP contribution < -0.4 is 0 Å². The molecular formula is C110H76N4. The second-order valence-corrected chi connectivity index (χ2v) is 32.3. The van der Waals surface area contributed by atoms with Crippen LogP contribution >= 0.6 is 0 Å². The summed E-state index contributed by atoms with van der Waals surface area (Å²) in [6, 6.07) is 144. The number of fused-ring (bicyclic) bond motifs is 22. The van der Waals surface area contributed by atoms with E-state index in [-0.39, 0.29) is 10.8 Å². The number of benzene rings is 18. The molecule has 4 heterocycles. The zero-order valence-electron chi connectivity index (χ0n) is 63.7. The Kier molecular flexibility index (Phi) is 14.4. The highest BCUT2D eigenvalue weighted by Gasteiger charge is 2.40. The summed E-state index contributed by atoms with van der Waals surface area (Å²) in [5.41, 5.74) is 35.0. The molecule has 4 nitrogen and oxygen atoms in total. The Morgan fingerprint density at radius 3 is 1.04 bits per heavy atom. The van der Waals surface area contributed by atoms with Gasteiger partial charge in [-0.2, -0.15) is 0 Å². The van der Waals surface area contributed by atoms with Crippen molar-refractivity contribution in [1.29, 1.82) is 0 Å². The van der Waals surface area contributed by atoms with E-state index in [4.69, 9.17) is 0 Å². The van der Waals surface area contributed by atoms with E-state index in [9.17, 15) is 0 Å². The summed E-state index contributed by atoms with van der Waals surface area (Å²) >= 11 is 0. The molecule has 22 aromatic rings. The highest BCUT2D eigenvalue weighted by molar-refractivity contribution is 6.19. The van der Waals surface area contributed by atoms with Gasteiger partial charge in [0.1, 0.15) is 0 Å². The molecule has 2 aliphatic rings. The van der Waals surface area contributed by atoms with Crippen LogP contribution in [0.2, 0.25) is 0 Å². The summed E-state index contributed by atoms with van der Waals surface area (Å²) in [7, 11) is 0. The Balaban J connectivity index is 0.000000135. The number of nitrogens with zero attached hydrogens (tertiary/aromatic N) is 4. The zero-order chi connectivity index (χ0) is 75.7. The van der Waals surface area contributed by atoms with Crippen LogP contribution in [0.25, 0.3) is 198 Å². The van der Waals surface area contributed by atoms with Crippen molar-refractivity contribution in [2.45, 2.75) is 38.5 Å². The van der Waals surface area contributed by atoms with Crippen LogP contribution in [0.15, 0.2) is 388 Å². The van der Waals surface area contributed by atoms with Gasteiger partial charge in [0, 0.05) is 82.2 Å². The van der Waals surface area contributed by atoms with Crippen LogP contribution in [-0.4, -0.2) is 18.3 Å². The van der Waals surface area contributed by atoms with Gasteiger partial charge in [0.15, 0.2) is 0 Å². The first-order valence-corrected chi connectivity index (χ1v) is 39.9. The van der Waals surface area contributed by atoms with Gasteiger partial charge in [-0.05, 0) is 214 Å². The van der Waals surface area contributed by atoms with E-state index >= 15 is 0 Å². The highest BCUT2D eigenvalue weighted by atomic mass is 15.0. The van der Waals surface area contributed by atoms with Crippen LogP contribution in [0.4, 0.5) is 0 Å². The molecule has 0 bridgehead atoms. The summed E-state index contributed by atoms with van der Waals surface area (Å²) in [6.07, 6.45) is 0. The lowest BCUT2D eigenvalue weighted by molar-refractivity contribution is 0.661. The standard InChI is InChI=1S/2C55H38N2/c1-55(2)48-18-10-8-17-45(48)53-49(55)29-28-44-47-34-40(24-31-52(47)57(54(44)53)41-25-20-37(21-26-41)35-12-4-3-5-13-35)39-23-30-51-46(33-39)43-16-9-11-19-50(43)56(51)42-27-22-36-14-6-7-15-38(36)32-42;1-55(2)49-18-10-8-16-43(49)45-28-29-46-48-34-40(24-31-52(48)57(54(46)53(45)55)41-25-20-37(21-26-41)35-12-4-3-5-13-35)39-23-30-51-47(33-39)44-17-9-11-19-50(44)56(51)42-27-22-36-14-6-7-15-38(36)32-42/h2*3-34H,1-2H3. The van der Waals surface area contributed by atoms with Gasteiger partial charge in [-0.3, -0.25) is 0 Å². The maximum absolute atomic E-state index is 2.52. The van der Waals surface area contributed by atoms with E-state index in [0.717, 1.165) is 0 Å². The Hall–Kier alpha value is -14.3. The molecule has 0 aliphatic heterocycles. The highest BCUT2D eigenvalue weighted by Crippen LogP contribution is 2.56. The van der Waals surface area contributed by atoms with Crippen molar-refractivity contribution in [2.24, 2.45) is 0 Å². The molecule has 114 heavy (non-hydrogen) atoms. The third-order valence-electron chi connectivity index (χ3n) is 25.4. The lowest BCUT2D eigenvalue weighted by Crippen LogP contribution is -2.16. The van der Waals surface area contributed by atoms with Gasteiger partial charge in [0.05, 0.1) is 44.1 Å². The summed E-state index contributed by atoms with van der Waals surface area (Å²) in [6.45, 7) is 9.53. The Labute approximate surface area is 661 Å². The smallest absolute Gasteiger partial charge is 0.0622 e. The first kappa shape index (κ1) is 65.6. The van der Waals surface area contributed by atoms with E-state index in [1.807, 2.05) is 0 Å². The molecule has 0 saturated heterocycles. The summed E-state index contributed by atoms with van der Waals surface area (Å²) in [5.74, 6) is 0. The quantitative estimate of drug-likeness (QED) is 0.144. The fraction of sp³-hybridized carbons (Fsp3) is 0.0545. The molecule has 24 rings (SSSR count). The topological polar surface area (TPSA) is 19.7 Å². The Morgan fingerprint density at radius 2 is 0.535 bits per heavy atom. The van der Waals surface area contributed by atoms with Crippen molar-refractivity contribution >= 4 is 109 Å². The number of hydrogen-bond donors (Lipinski definition) is 0. The van der Waals surface area contributed by atoms with Crippen LogP contribution in [-0.2, 0) is 10.8 Å². The number of aromatic nitrogens is 4. The van der Waals surface area contributed by atoms with Crippen LogP contribution in [0.3, 0.4) is 0 Å². The van der Waals surface area contributed by atoms with Crippen LogP contribution in [0.5, 0.6) is 0 Å². The molecule has 0 N–H and O–H groups in total. The predicted octanol–water partition coefficient (Wildman–Crippen LogP) is 29.3. The van der Waals surface area contributed by atoms with Crippen molar-refractivity contribution in [3.8, 4) is 89.5 Å². The van der Waals surface area contributed by atoms with Crippen LogP contribution in [0, 0.1) is 0 Å². The van der Waals surface area contributed by atoms with Gasteiger partial charge in [0.2, 0.25) is 0 Å². The zero-order valence-corrected chi connectivity index (χ0v) is 63.7. The van der Waals surface area contributed by atoms with Crippen molar-refractivity contribution < 1.29 is 0 Å². The fourth-order valence-corrected chi connectivity index (χ4v) is 19.9. The molecule has 0 saturated carbocycles. The molecule has 4 heteroatoms. The maximum atomic E-state index is 2.52. The number of hydrogen-bond acceptors (Lipinski definition) is 0. The second-order valence-electron chi connectivity index (χ2n) is 32.3. The normalized spacial score (nSPS) is 13.2. The van der Waals surface area contributed by atoms with Crippen molar-refractivity contribution in [2.75, 3.05) is 0 Å². The first-order valence-electron chi connectivity index (χ1n) is 39.9. The largest absolute Gasteiger partial charge is 0.309 e. The molecule has 0 atom stereocenters. The lowest BCUT2D eigenvalue weighted by atomic mass is 9.81. The molecule has 536 valence electrons. The van der Waals surface area contributed by atoms with E-state index in [1.54, 1.807) is 0 Å². The molecule has 4 aromatic heterocycles. The molecule has 0 fully saturated rings. The maximum Gasteiger partial charge on any atom is 0.0622 e. The third kappa shape index (κ3) is 9.90. The minimum atomic E-state index is -0.158. The molecule has 18 aromatic carbocycles. The molecule has 0 radical (unpaired) electrons. The van der Waals surface area contributed by atoms with Crippen molar-refractivity contribution in [1.82, 2.24) is 18.3 Å². The second kappa shape index (κ2) is 25.1. The van der Waals surface area contributed by atoms with E-state index < -0.39 is 0 Å². The molecule has 0 unspecified atom stereocenters. The lowest BCUT2D eigenvalue weighted by Gasteiger charge is -2.23. The molecular weight excluding hydrogens is 1380 g/mol. The van der Waals surface area contributed by atoms with Gasteiger partial charge in [-0.15, -0.1) is 0 Å². The summed E-state index contributed by atoms with van der Waals surface area (Å²) < 4.78 is 9.87. The first-order chi connectivity index (χ1) is 56.1. The van der Waals surface area contributed by atoms with E-state index in [2.05, 4.69) is 434 Å². The minimum Gasteiger partial charge on any atom is -0.309 e. The van der Waals surface area contributed by atoms with Crippen molar-refractivity contribution in [3.05, 3.63) is 411 Å². The number of para-hydroxylation sites is 2. The average molecular weight is 1450 g/mol. The van der Waals surface area contributed by atoms with Crippen LogP contribution in [0.1, 0.15) is 49.9 Å². The average Bonchev–Trinajstić information content (AvgIpc) is 1.54. The molecule has 0 amide bonds. The minimum absolute atomic E-state index is 0.0921. The Bertz CT molecular complexity index is 7750. The SMILES string of the molecule is CC1(C)c2ccccc2-c2c1ccc1c3cc(-c4ccc5c(c4)c4ccccc4n5-c4ccc5ccccc5c4)ccc3n(-c3ccc(-c4ccccc4)cc3)c21.CC1(C)c2ccccc2-c2ccc3c4cc(-c5ccc6c(c5)c5ccccc5n6-c5ccc6ccccc6c5)ccc4n(-c4ccc(-c5ccccc5)cc4)c3c21. The number of rotatable bonds is 8. The molecule has 2 aliphatic carbocycles. The van der Waals surface area contributed by atoms with Gasteiger partial charge < -0.3 is 18.3 Å². The van der Waals surface area contributed by atoms with Crippen molar-refractivity contribution in [3.63, 3.8) is 0 Å².